The second-order valence-electron chi connectivity index (χ2n) is 8.20. The van der Waals surface area contributed by atoms with E-state index >= 15 is 0 Å². The Labute approximate surface area is 175 Å². The van der Waals surface area contributed by atoms with Crippen LogP contribution in [0.15, 0.2) is 42.5 Å². The Hall–Kier alpha value is -3.28. The first-order chi connectivity index (χ1) is 14.5. The van der Waals surface area contributed by atoms with Gasteiger partial charge in [-0.05, 0) is 38.5 Å². The van der Waals surface area contributed by atoms with Gasteiger partial charge in [-0.1, -0.05) is 30.3 Å². The molecular formula is C24H25N3O3. The van der Waals surface area contributed by atoms with Crippen molar-refractivity contribution in [3.8, 4) is 5.75 Å². The van der Waals surface area contributed by atoms with Crippen molar-refractivity contribution in [2.45, 2.75) is 45.9 Å². The third-order valence-electron chi connectivity index (χ3n) is 6.29. The van der Waals surface area contributed by atoms with Crippen molar-refractivity contribution in [2.24, 2.45) is 0 Å². The standard InChI is InChI=1S/C24H25N3O3/c1-14-7-6-8-17-18-13-26(12-11-19(18)25-22(14)17)23(28)15(2)27-20-9-4-5-10-21(20)30-16(3)24(27)29/h4-10,15-16,25H,11-13H2,1-3H3/t15-,16+/m1/s1. The number of hydrogen-bond donors (Lipinski definition) is 1. The molecule has 6 heteroatoms. The summed E-state index contributed by atoms with van der Waals surface area (Å²) < 4.78 is 5.72. The topological polar surface area (TPSA) is 65.6 Å². The number of anilines is 1. The molecule has 0 radical (unpaired) electrons. The number of benzene rings is 2. The molecule has 2 aliphatic rings. The summed E-state index contributed by atoms with van der Waals surface area (Å²) in [6.07, 6.45) is 0.172. The Bertz CT molecular complexity index is 1170. The summed E-state index contributed by atoms with van der Waals surface area (Å²) in [5.41, 5.74) is 5.40. The average molecular weight is 403 g/mol. The Morgan fingerprint density at radius 3 is 2.83 bits per heavy atom. The Morgan fingerprint density at radius 1 is 1.20 bits per heavy atom. The van der Waals surface area contributed by atoms with Crippen molar-refractivity contribution in [1.29, 1.82) is 0 Å². The van der Waals surface area contributed by atoms with E-state index in [0.29, 0.717) is 24.5 Å². The van der Waals surface area contributed by atoms with Crippen LogP contribution in [-0.4, -0.2) is 40.4 Å². The minimum atomic E-state index is -0.611. The predicted octanol–water partition coefficient (Wildman–Crippen LogP) is 3.56. The normalized spacial score (nSPS) is 19.3. The summed E-state index contributed by atoms with van der Waals surface area (Å²) in [4.78, 5) is 33.4. The summed E-state index contributed by atoms with van der Waals surface area (Å²) in [6.45, 7) is 6.82. The van der Waals surface area contributed by atoms with Crippen LogP contribution in [-0.2, 0) is 22.6 Å². The number of ether oxygens (including phenoxy) is 1. The molecule has 5 rings (SSSR count). The fourth-order valence-electron chi connectivity index (χ4n) is 4.66. The van der Waals surface area contributed by atoms with Crippen LogP contribution in [0.25, 0.3) is 10.9 Å². The van der Waals surface area contributed by atoms with E-state index in [1.807, 2.05) is 36.1 Å². The van der Waals surface area contributed by atoms with Gasteiger partial charge in [-0.25, -0.2) is 0 Å². The highest BCUT2D eigenvalue weighted by atomic mass is 16.5. The molecule has 0 bridgehead atoms. The van der Waals surface area contributed by atoms with Crippen molar-refractivity contribution in [1.82, 2.24) is 9.88 Å². The van der Waals surface area contributed by atoms with E-state index in [9.17, 15) is 9.59 Å². The molecule has 30 heavy (non-hydrogen) atoms. The minimum absolute atomic E-state index is 0.0418. The monoisotopic (exact) mass is 403 g/mol. The number of fused-ring (bicyclic) bond motifs is 4. The quantitative estimate of drug-likeness (QED) is 0.712. The van der Waals surface area contributed by atoms with Gasteiger partial charge in [0, 0.05) is 41.7 Å². The molecule has 1 N–H and O–H groups in total. The maximum absolute atomic E-state index is 13.5. The van der Waals surface area contributed by atoms with E-state index in [1.54, 1.807) is 11.8 Å². The highest BCUT2D eigenvalue weighted by Crippen LogP contribution is 2.36. The van der Waals surface area contributed by atoms with E-state index in [0.717, 1.165) is 11.9 Å². The van der Waals surface area contributed by atoms with Gasteiger partial charge in [-0.15, -0.1) is 0 Å². The van der Waals surface area contributed by atoms with Gasteiger partial charge in [0.15, 0.2) is 6.10 Å². The van der Waals surface area contributed by atoms with E-state index in [-0.39, 0.29) is 11.8 Å². The van der Waals surface area contributed by atoms with Crippen molar-refractivity contribution in [3.05, 3.63) is 59.3 Å². The molecule has 0 fully saturated rings. The first kappa shape index (κ1) is 18.7. The number of aromatic nitrogens is 1. The van der Waals surface area contributed by atoms with Crippen molar-refractivity contribution >= 4 is 28.4 Å². The van der Waals surface area contributed by atoms with Crippen molar-refractivity contribution in [3.63, 3.8) is 0 Å². The van der Waals surface area contributed by atoms with E-state index in [4.69, 9.17) is 4.74 Å². The molecule has 3 aromatic rings. The maximum Gasteiger partial charge on any atom is 0.268 e. The average Bonchev–Trinajstić information content (AvgIpc) is 3.13. The molecule has 0 spiro atoms. The summed E-state index contributed by atoms with van der Waals surface area (Å²) in [5.74, 6) is 0.409. The zero-order valence-corrected chi connectivity index (χ0v) is 17.4. The number of carbonyl (C=O) groups excluding carboxylic acids is 2. The number of hydrogen-bond acceptors (Lipinski definition) is 3. The van der Waals surface area contributed by atoms with Gasteiger partial charge in [0.2, 0.25) is 5.91 Å². The first-order valence-corrected chi connectivity index (χ1v) is 10.4. The second-order valence-corrected chi connectivity index (χ2v) is 8.20. The van der Waals surface area contributed by atoms with Crippen LogP contribution < -0.4 is 9.64 Å². The van der Waals surface area contributed by atoms with E-state index in [2.05, 4.69) is 30.1 Å². The number of carbonyl (C=O) groups is 2. The van der Waals surface area contributed by atoms with Gasteiger partial charge in [-0.3, -0.25) is 14.5 Å². The molecule has 0 saturated heterocycles. The second kappa shape index (κ2) is 6.90. The Balaban J connectivity index is 1.45. The molecule has 0 unspecified atom stereocenters. The number of para-hydroxylation sites is 3. The molecule has 0 aliphatic carbocycles. The summed E-state index contributed by atoms with van der Waals surface area (Å²) in [5, 5.41) is 1.18. The van der Waals surface area contributed by atoms with Crippen molar-refractivity contribution in [2.75, 3.05) is 11.4 Å². The van der Waals surface area contributed by atoms with Crippen molar-refractivity contribution < 1.29 is 14.3 Å². The highest BCUT2D eigenvalue weighted by molar-refractivity contribution is 6.05. The number of nitrogens with zero attached hydrogens (tertiary/aromatic N) is 2. The number of nitrogens with one attached hydrogen (secondary N) is 1. The SMILES string of the molecule is Cc1cccc2c3c([nH]c12)CCN(C(=O)[C@@H](C)N1C(=O)[C@H](C)Oc2ccccc21)C3. The smallest absolute Gasteiger partial charge is 0.268 e. The molecule has 2 aliphatic heterocycles. The van der Waals surface area contributed by atoms with E-state index in [1.165, 1.54) is 22.2 Å². The Kier molecular flexibility index (Phi) is 4.31. The molecule has 2 aromatic carbocycles. The largest absolute Gasteiger partial charge is 0.479 e. The lowest BCUT2D eigenvalue weighted by Gasteiger charge is -2.38. The van der Waals surface area contributed by atoms with Crippen LogP contribution in [0.4, 0.5) is 5.69 Å². The van der Waals surface area contributed by atoms with E-state index < -0.39 is 12.1 Å². The lowest BCUT2D eigenvalue weighted by atomic mass is 10.0. The lowest BCUT2D eigenvalue weighted by molar-refractivity contribution is -0.136. The molecule has 154 valence electrons. The fourth-order valence-corrected chi connectivity index (χ4v) is 4.66. The third-order valence-corrected chi connectivity index (χ3v) is 6.29. The molecule has 0 saturated carbocycles. The van der Waals surface area contributed by atoms with Crippen LogP contribution in [0.1, 0.15) is 30.7 Å². The van der Waals surface area contributed by atoms with Crippen LogP contribution >= 0.6 is 0 Å². The third kappa shape index (κ3) is 2.78. The van der Waals surface area contributed by atoms with Crippen LogP contribution in [0.3, 0.4) is 0 Å². The molecular weight excluding hydrogens is 378 g/mol. The van der Waals surface area contributed by atoms with Gasteiger partial charge in [0.25, 0.3) is 5.91 Å². The summed E-state index contributed by atoms with van der Waals surface area (Å²) in [6, 6.07) is 13.1. The lowest BCUT2D eigenvalue weighted by Crippen LogP contribution is -2.55. The van der Waals surface area contributed by atoms with Crippen LogP contribution in [0, 0.1) is 6.92 Å². The van der Waals surface area contributed by atoms with Crippen LogP contribution in [0.5, 0.6) is 5.75 Å². The summed E-state index contributed by atoms with van der Waals surface area (Å²) >= 11 is 0. The molecule has 6 nitrogen and oxygen atoms in total. The molecule has 3 heterocycles. The number of aryl methyl sites for hydroxylation is 1. The number of rotatable bonds is 2. The maximum atomic E-state index is 13.5. The zero-order chi connectivity index (χ0) is 21.0. The molecule has 2 atom stereocenters. The van der Waals surface area contributed by atoms with Gasteiger partial charge in [-0.2, -0.15) is 0 Å². The number of amides is 2. The fraction of sp³-hybridized carbons (Fsp3) is 0.333. The number of aromatic amines is 1. The van der Waals surface area contributed by atoms with Gasteiger partial charge in [0.1, 0.15) is 11.8 Å². The Morgan fingerprint density at radius 2 is 2.00 bits per heavy atom. The van der Waals surface area contributed by atoms with Gasteiger partial charge in [0.05, 0.1) is 5.69 Å². The number of H-pyrrole nitrogens is 1. The first-order valence-electron chi connectivity index (χ1n) is 10.4. The van der Waals surface area contributed by atoms with Gasteiger partial charge < -0.3 is 14.6 Å². The summed E-state index contributed by atoms with van der Waals surface area (Å²) in [7, 11) is 0. The molecule has 1 aromatic heterocycles. The molecule has 2 amide bonds. The predicted molar refractivity (Wildman–Crippen MR) is 116 cm³/mol. The minimum Gasteiger partial charge on any atom is -0.479 e. The highest BCUT2D eigenvalue weighted by Gasteiger charge is 2.39. The zero-order valence-electron chi connectivity index (χ0n) is 17.4. The van der Waals surface area contributed by atoms with Gasteiger partial charge >= 0.3 is 0 Å². The van der Waals surface area contributed by atoms with Crippen LogP contribution in [0.2, 0.25) is 0 Å².